The number of likely N-dealkylation sites (tertiary alicyclic amines) is 1. The first-order valence-corrected chi connectivity index (χ1v) is 12.6. The number of piperidine rings is 1. The minimum absolute atomic E-state index is 0.0799. The number of carbonyl (C=O) groups excluding carboxylic acids is 1. The molecule has 1 aromatic rings. The predicted molar refractivity (Wildman–Crippen MR) is 112 cm³/mol. The van der Waals surface area contributed by atoms with Crippen LogP contribution in [0.25, 0.3) is 0 Å². The Morgan fingerprint density at radius 1 is 1.24 bits per heavy atom. The molecule has 1 amide bonds. The monoisotopic (exact) mass is 485 g/mol. The Bertz CT molecular complexity index is 990. The Morgan fingerprint density at radius 2 is 1.86 bits per heavy atom. The average Bonchev–Trinajstić information content (AvgIpc) is 2.62. The van der Waals surface area contributed by atoms with Gasteiger partial charge >= 0.3 is 0 Å². The van der Waals surface area contributed by atoms with E-state index in [4.69, 9.17) is 27.9 Å². The molecule has 1 aromatic carbocycles. The van der Waals surface area contributed by atoms with Crippen LogP contribution in [0.1, 0.15) is 12.8 Å². The highest BCUT2D eigenvalue weighted by Gasteiger charge is 2.25. The van der Waals surface area contributed by atoms with Gasteiger partial charge in [0.2, 0.25) is 20.0 Å². The van der Waals surface area contributed by atoms with E-state index >= 15 is 0 Å². The molecule has 1 aliphatic heterocycles. The second-order valence-corrected chi connectivity index (χ2v) is 10.6. The Morgan fingerprint density at radius 3 is 2.41 bits per heavy atom. The second kappa shape index (κ2) is 9.52. The van der Waals surface area contributed by atoms with Crippen molar-refractivity contribution in [3.05, 3.63) is 34.2 Å². The van der Waals surface area contributed by atoms with Crippen LogP contribution < -0.4 is 14.2 Å². The topological polar surface area (TPSA) is 122 Å². The van der Waals surface area contributed by atoms with Crippen LogP contribution in [0.3, 0.4) is 0 Å². The SMILES string of the molecule is C=CS(=O)(=O)NC1CCN(C(=O)COc2cc(NS(C)(=O)=O)c(Cl)cc2Cl)CC1. The second-order valence-electron chi connectivity index (χ2n) is 6.41. The number of hydrogen-bond acceptors (Lipinski definition) is 6. The molecule has 13 heteroatoms. The summed E-state index contributed by atoms with van der Waals surface area (Å²) in [7, 11) is -7.08. The van der Waals surface area contributed by atoms with E-state index in [0.717, 1.165) is 11.7 Å². The molecule has 1 heterocycles. The van der Waals surface area contributed by atoms with Crippen molar-refractivity contribution in [2.24, 2.45) is 0 Å². The summed E-state index contributed by atoms with van der Waals surface area (Å²) in [5, 5.41) is 1.06. The average molecular weight is 486 g/mol. The zero-order valence-corrected chi connectivity index (χ0v) is 18.7. The summed E-state index contributed by atoms with van der Waals surface area (Å²) < 4.78 is 56.0. The lowest BCUT2D eigenvalue weighted by Crippen LogP contribution is -2.47. The summed E-state index contributed by atoms with van der Waals surface area (Å²) in [6.45, 7) is 3.65. The maximum absolute atomic E-state index is 12.4. The summed E-state index contributed by atoms with van der Waals surface area (Å²) in [6.07, 6.45) is 1.90. The lowest BCUT2D eigenvalue weighted by atomic mass is 10.1. The molecule has 0 spiro atoms. The van der Waals surface area contributed by atoms with Gasteiger partial charge in [-0.15, -0.1) is 0 Å². The maximum atomic E-state index is 12.4. The summed E-state index contributed by atoms with van der Waals surface area (Å²) in [5.41, 5.74) is 0.0799. The van der Waals surface area contributed by atoms with Crippen LogP contribution in [0.2, 0.25) is 10.0 Å². The van der Waals surface area contributed by atoms with Crippen LogP contribution in [-0.4, -0.2) is 59.6 Å². The predicted octanol–water partition coefficient (Wildman–Crippen LogP) is 1.80. The Labute approximate surface area is 180 Å². The molecule has 9 nitrogen and oxygen atoms in total. The van der Waals surface area contributed by atoms with Gasteiger partial charge in [-0.1, -0.05) is 29.8 Å². The number of amides is 1. The fourth-order valence-electron chi connectivity index (χ4n) is 2.68. The Balaban J connectivity index is 1.94. The molecule has 0 radical (unpaired) electrons. The fraction of sp³-hybridized carbons (Fsp3) is 0.438. The van der Waals surface area contributed by atoms with Crippen molar-refractivity contribution in [3.63, 3.8) is 0 Å². The zero-order valence-electron chi connectivity index (χ0n) is 15.5. The zero-order chi connectivity index (χ0) is 21.8. The molecule has 0 aromatic heterocycles. The van der Waals surface area contributed by atoms with E-state index in [1.54, 1.807) is 4.90 Å². The van der Waals surface area contributed by atoms with Gasteiger partial charge in [-0.2, -0.15) is 0 Å². The van der Waals surface area contributed by atoms with Gasteiger partial charge in [0.25, 0.3) is 5.91 Å². The molecular formula is C16H21Cl2N3O6S2. The normalized spacial score (nSPS) is 15.8. The van der Waals surface area contributed by atoms with Crippen LogP contribution in [0, 0.1) is 0 Å². The van der Waals surface area contributed by atoms with Crippen molar-refractivity contribution in [3.8, 4) is 5.75 Å². The van der Waals surface area contributed by atoms with Crippen molar-refractivity contribution < 1.29 is 26.4 Å². The minimum Gasteiger partial charge on any atom is -0.482 e. The quantitative estimate of drug-likeness (QED) is 0.578. The number of hydrogen-bond donors (Lipinski definition) is 2. The van der Waals surface area contributed by atoms with Crippen molar-refractivity contribution >= 4 is 54.8 Å². The number of rotatable bonds is 8. The van der Waals surface area contributed by atoms with Crippen molar-refractivity contribution in [2.75, 3.05) is 30.7 Å². The molecule has 2 rings (SSSR count). The maximum Gasteiger partial charge on any atom is 0.260 e. The molecule has 0 bridgehead atoms. The minimum atomic E-state index is -3.56. The number of benzene rings is 1. The molecule has 1 aliphatic rings. The van der Waals surface area contributed by atoms with E-state index in [1.807, 2.05) is 0 Å². The van der Waals surface area contributed by atoms with Crippen LogP contribution in [0.5, 0.6) is 5.75 Å². The van der Waals surface area contributed by atoms with Crippen LogP contribution in [0.4, 0.5) is 5.69 Å². The summed E-state index contributed by atoms with van der Waals surface area (Å²) in [4.78, 5) is 13.9. The number of halogens is 2. The molecule has 0 atom stereocenters. The van der Waals surface area contributed by atoms with Gasteiger partial charge in [-0.05, 0) is 18.9 Å². The Hall–Kier alpha value is -1.53. The molecular weight excluding hydrogens is 465 g/mol. The first-order valence-electron chi connectivity index (χ1n) is 8.42. The van der Waals surface area contributed by atoms with E-state index in [0.29, 0.717) is 25.9 Å². The number of carbonyl (C=O) groups is 1. The molecule has 0 unspecified atom stereocenters. The van der Waals surface area contributed by atoms with E-state index in [-0.39, 0.29) is 40.0 Å². The van der Waals surface area contributed by atoms with Gasteiger partial charge < -0.3 is 9.64 Å². The smallest absolute Gasteiger partial charge is 0.260 e. The molecule has 162 valence electrons. The molecule has 2 N–H and O–H groups in total. The Kier molecular flexibility index (Phi) is 7.80. The van der Waals surface area contributed by atoms with E-state index in [2.05, 4.69) is 16.0 Å². The van der Waals surface area contributed by atoms with Crippen molar-refractivity contribution in [1.82, 2.24) is 9.62 Å². The lowest BCUT2D eigenvalue weighted by molar-refractivity contribution is -0.134. The standard InChI is InChI=1S/C16H21Cl2N3O6S2/c1-3-29(25,26)19-11-4-6-21(7-5-11)16(22)10-27-15-9-14(20-28(2,23)24)12(17)8-13(15)18/h3,8-9,11,19-20H,1,4-7,10H2,2H3. The van der Waals surface area contributed by atoms with Gasteiger partial charge in [0.05, 0.1) is 22.0 Å². The molecule has 29 heavy (non-hydrogen) atoms. The van der Waals surface area contributed by atoms with Gasteiger partial charge in [0.1, 0.15) is 5.75 Å². The third-order valence-electron chi connectivity index (χ3n) is 4.07. The molecule has 1 fully saturated rings. The van der Waals surface area contributed by atoms with E-state index in [9.17, 15) is 21.6 Å². The van der Waals surface area contributed by atoms with Crippen molar-refractivity contribution in [2.45, 2.75) is 18.9 Å². The third-order valence-corrected chi connectivity index (χ3v) is 6.37. The van der Waals surface area contributed by atoms with Gasteiger partial charge in [-0.3, -0.25) is 9.52 Å². The number of nitrogens with zero attached hydrogens (tertiary/aromatic N) is 1. The van der Waals surface area contributed by atoms with Gasteiger partial charge in [0.15, 0.2) is 6.61 Å². The lowest BCUT2D eigenvalue weighted by Gasteiger charge is -2.32. The largest absolute Gasteiger partial charge is 0.482 e. The van der Waals surface area contributed by atoms with E-state index < -0.39 is 20.0 Å². The van der Waals surface area contributed by atoms with E-state index in [1.165, 1.54) is 12.1 Å². The number of sulfonamides is 2. The summed E-state index contributed by atoms with van der Waals surface area (Å²) in [6, 6.07) is 2.35. The first-order chi connectivity index (χ1) is 13.4. The highest BCUT2D eigenvalue weighted by atomic mass is 35.5. The van der Waals surface area contributed by atoms with Crippen LogP contribution >= 0.6 is 23.2 Å². The highest BCUT2D eigenvalue weighted by molar-refractivity contribution is 7.92. The van der Waals surface area contributed by atoms with Crippen LogP contribution in [-0.2, 0) is 24.8 Å². The first kappa shape index (κ1) is 23.7. The van der Waals surface area contributed by atoms with Crippen LogP contribution in [0.15, 0.2) is 24.1 Å². The van der Waals surface area contributed by atoms with Gasteiger partial charge in [-0.25, -0.2) is 21.6 Å². The van der Waals surface area contributed by atoms with Crippen molar-refractivity contribution in [1.29, 1.82) is 0 Å². The fourth-order valence-corrected chi connectivity index (χ4v) is 4.58. The number of nitrogens with one attached hydrogen (secondary N) is 2. The highest BCUT2D eigenvalue weighted by Crippen LogP contribution is 2.34. The van der Waals surface area contributed by atoms with Gasteiger partial charge in [0, 0.05) is 30.6 Å². The summed E-state index contributed by atoms with van der Waals surface area (Å²) >= 11 is 12.0. The number of anilines is 1. The number of ether oxygens (including phenoxy) is 1. The molecule has 0 aliphatic carbocycles. The summed E-state index contributed by atoms with van der Waals surface area (Å²) in [5.74, 6) is -0.206. The third kappa shape index (κ3) is 7.34. The molecule has 1 saturated heterocycles. The molecule has 0 saturated carbocycles.